The fourth-order valence-electron chi connectivity index (χ4n) is 2.68. The van der Waals surface area contributed by atoms with E-state index in [-0.39, 0.29) is 5.91 Å². The van der Waals surface area contributed by atoms with Crippen molar-refractivity contribution in [2.45, 2.75) is 12.6 Å². The number of hydrogen-bond donors (Lipinski definition) is 0. The van der Waals surface area contributed by atoms with E-state index in [1.54, 1.807) is 26.2 Å². The van der Waals surface area contributed by atoms with Gasteiger partial charge < -0.3 is 9.64 Å². The largest absolute Gasteiger partial charge is 0.392 e. The summed E-state index contributed by atoms with van der Waals surface area (Å²) in [6, 6.07) is 3.27. The molecule has 1 aliphatic rings. The minimum absolute atomic E-state index is 0.196. The van der Waals surface area contributed by atoms with Crippen LogP contribution in [-0.4, -0.2) is 87.1 Å². The smallest absolute Gasteiger partial charge is 0.379 e. The molecule has 156 valence electrons. The first-order chi connectivity index (χ1) is 13.2. The molecule has 2 rings (SSSR count). The first kappa shape index (κ1) is 22.4. The molecule has 0 spiro atoms. The zero-order valence-corrected chi connectivity index (χ0v) is 16.9. The van der Waals surface area contributed by atoms with Crippen molar-refractivity contribution in [1.29, 1.82) is 0 Å². The number of alkyl halides is 3. The maximum Gasteiger partial charge on any atom is 0.392 e. The maximum absolute atomic E-state index is 12.8. The highest BCUT2D eigenvalue weighted by Crippen LogP contribution is 2.31. The van der Waals surface area contributed by atoms with Crippen molar-refractivity contribution in [3.63, 3.8) is 0 Å². The maximum atomic E-state index is 12.8. The van der Waals surface area contributed by atoms with Gasteiger partial charge in [0.05, 0.1) is 41.6 Å². The van der Waals surface area contributed by atoms with Gasteiger partial charge in [0.2, 0.25) is 0 Å². The molecule has 0 N–H and O–H groups in total. The SMILES string of the molecule is C=NN(CCN1CCOCC1)/C(=C\CC(F)(F)F)c1ccc(C(=O)N(C)C)s1. The Balaban J connectivity index is 2.21. The van der Waals surface area contributed by atoms with Crippen LogP contribution in [-0.2, 0) is 4.74 Å². The Bertz CT molecular complexity index is 697. The molecule has 1 aromatic rings. The number of nitrogens with zero attached hydrogens (tertiary/aromatic N) is 4. The summed E-state index contributed by atoms with van der Waals surface area (Å²) < 4.78 is 43.8. The second kappa shape index (κ2) is 10.0. The molecule has 28 heavy (non-hydrogen) atoms. The Hall–Kier alpha value is -1.91. The molecule has 0 aromatic carbocycles. The van der Waals surface area contributed by atoms with Crippen molar-refractivity contribution in [3.8, 4) is 0 Å². The highest BCUT2D eigenvalue weighted by Gasteiger charge is 2.27. The Kier molecular flexibility index (Phi) is 8.02. The monoisotopic (exact) mass is 418 g/mol. The van der Waals surface area contributed by atoms with E-state index in [1.807, 2.05) is 0 Å². The molecule has 1 amide bonds. The van der Waals surface area contributed by atoms with Crippen LogP contribution in [0.5, 0.6) is 0 Å². The lowest BCUT2D eigenvalue weighted by Crippen LogP contribution is -2.40. The lowest BCUT2D eigenvalue weighted by Gasteiger charge is -2.29. The van der Waals surface area contributed by atoms with E-state index in [0.717, 1.165) is 30.5 Å². The average molecular weight is 418 g/mol. The summed E-state index contributed by atoms with van der Waals surface area (Å²) in [4.78, 5) is 16.7. The number of hydrazone groups is 1. The predicted octanol–water partition coefficient (Wildman–Crippen LogP) is 2.99. The molecule has 1 aromatic heterocycles. The van der Waals surface area contributed by atoms with Gasteiger partial charge in [-0.2, -0.15) is 18.3 Å². The molecular weight excluding hydrogens is 393 g/mol. The van der Waals surface area contributed by atoms with Gasteiger partial charge in [0.1, 0.15) is 0 Å². The average Bonchev–Trinajstić information content (AvgIpc) is 3.13. The molecule has 1 fully saturated rings. The highest BCUT2D eigenvalue weighted by atomic mass is 32.1. The number of halogens is 3. The Morgan fingerprint density at radius 3 is 2.54 bits per heavy atom. The van der Waals surface area contributed by atoms with Gasteiger partial charge in [-0.25, -0.2) is 0 Å². The molecule has 1 saturated heterocycles. The number of rotatable bonds is 8. The van der Waals surface area contributed by atoms with Gasteiger partial charge >= 0.3 is 6.18 Å². The highest BCUT2D eigenvalue weighted by molar-refractivity contribution is 7.15. The van der Waals surface area contributed by atoms with Crippen LogP contribution in [0.25, 0.3) is 5.70 Å². The molecule has 0 atom stereocenters. The van der Waals surface area contributed by atoms with Gasteiger partial charge in [-0.05, 0) is 18.2 Å². The first-order valence-corrected chi connectivity index (χ1v) is 9.66. The number of carbonyl (C=O) groups is 1. The molecule has 0 aliphatic carbocycles. The molecule has 1 aliphatic heterocycles. The van der Waals surface area contributed by atoms with Crippen LogP contribution in [0.3, 0.4) is 0 Å². The third-order valence-electron chi connectivity index (χ3n) is 4.18. The fraction of sp³-hybridized carbons (Fsp3) is 0.556. The summed E-state index contributed by atoms with van der Waals surface area (Å²) in [6.45, 7) is 7.36. The van der Waals surface area contributed by atoms with E-state index in [0.29, 0.717) is 41.8 Å². The summed E-state index contributed by atoms with van der Waals surface area (Å²) in [5.41, 5.74) is 0.309. The second-order valence-electron chi connectivity index (χ2n) is 6.49. The summed E-state index contributed by atoms with van der Waals surface area (Å²) in [5.74, 6) is -0.196. The number of thiophene rings is 1. The van der Waals surface area contributed by atoms with Crippen molar-refractivity contribution in [2.24, 2.45) is 5.10 Å². The summed E-state index contributed by atoms with van der Waals surface area (Å²) in [7, 11) is 3.25. The van der Waals surface area contributed by atoms with Crippen LogP contribution in [0, 0.1) is 0 Å². The van der Waals surface area contributed by atoms with Gasteiger partial charge in [0.25, 0.3) is 5.91 Å². The molecule has 0 unspecified atom stereocenters. The van der Waals surface area contributed by atoms with Gasteiger partial charge in [0, 0.05) is 40.4 Å². The molecular formula is C18H25F3N4O2S. The van der Waals surface area contributed by atoms with E-state index < -0.39 is 12.6 Å². The minimum Gasteiger partial charge on any atom is -0.379 e. The van der Waals surface area contributed by atoms with Crippen LogP contribution in [0.2, 0.25) is 0 Å². The van der Waals surface area contributed by atoms with Crippen molar-refractivity contribution in [1.82, 2.24) is 14.8 Å². The Morgan fingerprint density at radius 2 is 1.96 bits per heavy atom. The topological polar surface area (TPSA) is 48.4 Å². The molecule has 2 heterocycles. The molecule has 0 bridgehead atoms. The van der Waals surface area contributed by atoms with Crippen molar-refractivity contribution in [2.75, 3.05) is 53.5 Å². The lowest BCUT2D eigenvalue weighted by molar-refractivity contribution is -0.125. The van der Waals surface area contributed by atoms with Gasteiger partial charge in [-0.1, -0.05) is 0 Å². The fourth-order valence-corrected chi connectivity index (χ4v) is 3.76. The third kappa shape index (κ3) is 6.61. The third-order valence-corrected chi connectivity index (χ3v) is 5.28. The van der Waals surface area contributed by atoms with E-state index in [4.69, 9.17) is 4.74 Å². The first-order valence-electron chi connectivity index (χ1n) is 8.84. The van der Waals surface area contributed by atoms with Gasteiger partial charge in [-0.3, -0.25) is 14.7 Å². The van der Waals surface area contributed by atoms with E-state index in [2.05, 4.69) is 16.7 Å². The molecule has 0 radical (unpaired) electrons. The number of allylic oxidation sites excluding steroid dienone is 1. The number of carbonyl (C=O) groups excluding carboxylic acids is 1. The summed E-state index contributed by atoms with van der Waals surface area (Å²) in [6.07, 6.45) is -4.31. The van der Waals surface area contributed by atoms with E-state index >= 15 is 0 Å². The quantitative estimate of drug-likeness (QED) is 0.481. The zero-order valence-electron chi connectivity index (χ0n) is 16.0. The standard InChI is InChI=1S/C18H25F3N4O2S/c1-22-25(9-8-24-10-12-27-13-11-24)14(6-7-18(19,20)21)15-4-5-16(28-15)17(26)23(2)3/h4-6H,1,7-13H2,2-3H3/b14-6-. The van der Waals surface area contributed by atoms with Gasteiger partial charge in [-0.15, -0.1) is 11.3 Å². The number of ether oxygens (including phenoxy) is 1. The van der Waals surface area contributed by atoms with E-state index in [1.165, 1.54) is 9.91 Å². The van der Waals surface area contributed by atoms with Crippen LogP contribution in [0.1, 0.15) is 21.0 Å². The number of hydrogen-bond acceptors (Lipinski definition) is 6. The Morgan fingerprint density at radius 1 is 1.32 bits per heavy atom. The summed E-state index contributed by atoms with van der Waals surface area (Å²) in [5, 5.41) is 5.41. The van der Waals surface area contributed by atoms with Crippen LogP contribution in [0.15, 0.2) is 23.3 Å². The van der Waals surface area contributed by atoms with Crippen molar-refractivity contribution >= 4 is 29.7 Å². The predicted molar refractivity (Wildman–Crippen MR) is 104 cm³/mol. The minimum atomic E-state index is -4.33. The van der Waals surface area contributed by atoms with E-state index in [9.17, 15) is 18.0 Å². The van der Waals surface area contributed by atoms with Crippen molar-refractivity contribution < 1.29 is 22.7 Å². The van der Waals surface area contributed by atoms with Crippen LogP contribution < -0.4 is 0 Å². The number of morpholine rings is 1. The van der Waals surface area contributed by atoms with Crippen LogP contribution >= 0.6 is 11.3 Å². The number of amides is 1. The molecule has 10 heteroatoms. The van der Waals surface area contributed by atoms with Gasteiger partial charge in [0.15, 0.2) is 0 Å². The Labute approximate surface area is 166 Å². The normalized spacial score (nSPS) is 16.1. The van der Waals surface area contributed by atoms with Crippen molar-refractivity contribution in [3.05, 3.63) is 28.0 Å². The second-order valence-corrected chi connectivity index (χ2v) is 7.57. The molecule has 0 saturated carbocycles. The van der Waals surface area contributed by atoms with Crippen LogP contribution in [0.4, 0.5) is 13.2 Å². The lowest BCUT2D eigenvalue weighted by atomic mass is 10.2. The molecule has 6 nitrogen and oxygen atoms in total. The zero-order chi connectivity index (χ0) is 20.7. The summed E-state index contributed by atoms with van der Waals surface area (Å²) >= 11 is 1.14.